The van der Waals surface area contributed by atoms with E-state index in [4.69, 9.17) is 0 Å². The number of carbonyl (C=O) groups is 4. The van der Waals surface area contributed by atoms with Crippen LogP contribution in [-0.4, -0.2) is 46.3 Å². The van der Waals surface area contributed by atoms with Crippen LogP contribution in [0, 0.1) is 11.8 Å². The summed E-state index contributed by atoms with van der Waals surface area (Å²) < 4.78 is 8.57. The van der Waals surface area contributed by atoms with E-state index in [1.807, 2.05) is 0 Å². The van der Waals surface area contributed by atoms with Crippen molar-refractivity contribution in [3.8, 4) is 0 Å². The molecule has 0 saturated carbocycles. The lowest BCUT2D eigenvalue weighted by Crippen LogP contribution is -2.43. The summed E-state index contributed by atoms with van der Waals surface area (Å²) in [5, 5.41) is 18.9. The van der Waals surface area contributed by atoms with E-state index in [0.717, 1.165) is 0 Å². The van der Waals surface area contributed by atoms with Crippen LogP contribution in [0.15, 0.2) is 0 Å². The molecule has 2 unspecified atom stereocenters. The van der Waals surface area contributed by atoms with Crippen molar-refractivity contribution in [3.63, 3.8) is 0 Å². The van der Waals surface area contributed by atoms with Gasteiger partial charge in [0.2, 0.25) is 0 Å². The maximum absolute atomic E-state index is 11.4. The van der Waals surface area contributed by atoms with Crippen molar-refractivity contribution in [2.24, 2.45) is 11.8 Å². The molecule has 0 aromatic carbocycles. The van der Waals surface area contributed by atoms with Crippen LogP contribution in [0.25, 0.3) is 0 Å². The number of carbonyl (C=O) groups excluding carboxylic acids is 4. The first kappa shape index (κ1) is 20.2. The molecule has 0 spiro atoms. The van der Waals surface area contributed by atoms with Gasteiger partial charge in [0, 0.05) is 12.8 Å². The fourth-order valence-corrected chi connectivity index (χ4v) is 1.35. The Morgan fingerprint density at radius 2 is 1.00 bits per heavy atom. The standard InChI is InChI=1S/C14H22O8/c1-7(2)5-9(15)21-13(19)11(17)12(18)14(20)22-10(16)6-8(3)4/h7-8,11-12,17-18H,5-6H2,1-4H3. The number of ether oxygens (including phenoxy) is 2. The number of aliphatic hydroxyl groups is 2. The van der Waals surface area contributed by atoms with Gasteiger partial charge in [0.25, 0.3) is 0 Å². The highest BCUT2D eigenvalue weighted by molar-refractivity contribution is 5.94. The molecule has 0 radical (unpaired) electrons. The van der Waals surface area contributed by atoms with Crippen LogP contribution in [-0.2, 0) is 28.7 Å². The lowest BCUT2D eigenvalue weighted by molar-refractivity contribution is -0.181. The van der Waals surface area contributed by atoms with Crippen molar-refractivity contribution < 1.29 is 38.9 Å². The molecular formula is C14H22O8. The SMILES string of the molecule is CC(C)CC(=O)OC(=O)C(O)C(O)C(=O)OC(=O)CC(C)C. The Morgan fingerprint density at radius 3 is 1.23 bits per heavy atom. The monoisotopic (exact) mass is 318 g/mol. The minimum Gasteiger partial charge on any atom is -0.391 e. The first-order valence-electron chi connectivity index (χ1n) is 6.89. The number of hydrogen-bond donors (Lipinski definition) is 2. The van der Waals surface area contributed by atoms with Gasteiger partial charge in [-0.25, -0.2) is 9.59 Å². The third kappa shape index (κ3) is 7.84. The van der Waals surface area contributed by atoms with E-state index in [1.165, 1.54) is 0 Å². The second kappa shape index (κ2) is 9.26. The summed E-state index contributed by atoms with van der Waals surface area (Å²) in [6.07, 6.45) is -4.75. The second-order valence-electron chi connectivity index (χ2n) is 5.67. The predicted octanol–water partition coefficient (Wildman–Crippen LogP) is -0.0600. The Morgan fingerprint density at radius 1 is 0.727 bits per heavy atom. The molecule has 0 saturated heterocycles. The fourth-order valence-electron chi connectivity index (χ4n) is 1.35. The molecule has 0 aliphatic heterocycles. The van der Waals surface area contributed by atoms with Gasteiger partial charge in [-0.3, -0.25) is 9.59 Å². The number of rotatable bonds is 7. The van der Waals surface area contributed by atoms with Crippen molar-refractivity contribution in [3.05, 3.63) is 0 Å². The Kier molecular flexibility index (Phi) is 8.51. The number of hydrogen-bond acceptors (Lipinski definition) is 8. The van der Waals surface area contributed by atoms with E-state index in [1.54, 1.807) is 27.7 Å². The third-order valence-electron chi connectivity index (χ3n) is 2.36. The molecule has 0 aromatic rings. The third-order valence-corrected chi connectivity index (χ3v) is 2.36. The van der Waals surface area contributed by atoms with Gasteiger partial charge in [0.1, 0.15) is 0 Å². The zero-order valence-electron chi connectivity index (χ0n) is 13.1. The molecular weight excluding hydrogens is 296 g/mol. The van der Waals surface area contributed by atoms with Crippen molar-refractivity contribution in [1.82, 2.24) is 0 Å². The van der Waals surface area contributed by atoms with Crippen molar-refractivity contribution >= 4 is 23.9 Å². The molecule has 0 rings (SSSR count). The zero-order valence-corrected chi connectivity index (χ0v) is 13.1. The summed E-state index contributed by atoms with van der Waals surface area (Å²) in [5.74, 6) is -4.88. The molecule has 22 heavy (non-hydrogen) atoms. The van der Waals surface area contributed by atoms with Gasteiger partial charge in [0.15, 0.2) is 12.2 Å². The number of aliphatic hydroxyl groups excluding tert-OH is 2. The van der Waals surface area contributed by atoms with E-state index in [0.29, 0.717) is 0 Å². The van der Waals surface area contributed by atoms with E-state index >= 15 is 0 Å². The lowest BCUT2D eigenvalue weighted by Gasteiger charge is -2.15. The molecule has 8 heteroatoms. The Labute approximate surface area is 128 Å². The summed E-state index contributed by atoms with van der Waals surface area (Å²) in [7, 11) is 0. The van der Waals surface area contributed by atoms with Crippen LogP contribution in [0.4, 0.5) is 0 Å². The van der Waals surface area contributed by atoms with Crippen LogP contribution >= 0.6 is 0 Å². The normalized spacial score (nSPS) is 13.6. The highest BCUT2D eigenvalue weighted by atomic mass is 16.6. The predicted molar refractivity (Wildman–Crippen MR) is 73.1 cm³/mol. The molecule has 2 atom stereocenters. The molecule has 8 nitrogen and oxygen atoms in total. The molecule has 126 valence electrons. The first-order chi connectivity index (χ1) is 10.0. The van der Waals surface area contributed by atoms with E-state index in [9.17, 15) is 29.4 Å². The molecule has 0 aliphatic rings. The summed E-state index contributed by atoms with van der Waals surface area (Å²) in [5.41, 5.74) is 0. The van der Waals surface area contributed by atoms with Gasteiger partial charge >= 0.3 is 23.9 Å². The maximum atomic E-state index is 11.4. The van der Waals surface area contributed by atoms with E-state index < -0.39 is 36.1 Å². The molecule has 0 heterocycles. The fraction of sp³-hybridized carbons (Fsp3) is 0.714. The van der Waals surface area contributed by atoms with Gasteiger partial charge in [-0.1, -0.05) is 27.7 Å². The van der Waals surface area contributed by atoms with E-state index in [2.05, 4.69) is 9.47 Å². The lowest BCUT2D eigenvalue weighted by atomic mass is 10.1. The quantitative estimate of drug-likeness (QED) is 0.493. The van der Waals surface area contributed by atoms with Crippen molar-refractivity contribution in [1.29, 1.82) is 0 Å². The van der Waals surface area contributed by atoms with Gasteiger partial charge < -0.3 is 19.7 Å². The van der Waals surface area contributed by atoms with Gasteiger partial charge in [-0.05, 0) is 11.8 Å². The van der Waals surface area contributed by atoms with Crippen LogP contribution in [0.1, 0.15) is 40.5 Å². The molecule has 2 N–H and O–H groups in total. The van der Waals surface area contributed by atoms with Crippen molar-refractivity contribution in [2.75, 3.05) is 0 Å². The highest BCUT2D eigenvalue weighted by Crippen LogP contribution is 2.07. The average molecular weight is 318 g/mol. The molecule has 0 aromatic heterocycles. The smallest absolute Gasteiger partial charge is 0.346 e. The van der Waals surface area contributed by atoms with Crippen LogP contribution in [0.2, 0.25) is 0 Å². The Balaban J connectivity index is 4.48. The van der Waals surface area contributed by atoms with Gasteiger partial charge in [-0.15, -0.1) is 0 Å². The minimum absolute atomic E-state index is 0.0636. The molecule has 0 fully saturated rings. The summed E-state index contributed by atoms with van der Waals surface area (Å²) in [4.78, 5) is 45.3. The Bertz CT molecular complexity index is 387. The zero-order chi connectivity index (χ0) is 17.4. The second-order valence-corrected chi connectivity index (χ2v) is 5.67. The van der Waals surface area contributed by atoms with Crippen LogP contribution in [0.3, 0.4) is 0 Å². The summed E-state index contributed by atoms with van der Waals surface area (Å²) >= 11 is 0. The molecule has 0 amide bonds. The van der Waals surface area contributed by atoms with E-state index in [-0.39, 0.29) is 24.7 Å². The van der Waals surface area contributed by atoms with Gasteiger partial charge in [-0.2, -0.15) is 0 Å². The van der Waals surface area contributed by atoms with Crippen LogP contribution < -0.4 is 0 Å². The minimum atomic E-state index is -2.31. The summed E-state index contributed by atoms with van der Waals surface area (Å²) in [6, 6.07) is 0. The maximum Gasteiger partial charge on any atom is 0.346 e. The highest BCUT2D eigenvalue weighted by Gasteiger charge is 2.35. The average Bonchev–Trinajstić information content (AvgIpc) is 2.34. The number of esters is 4. The topological polar surface area (TPSA) is 127 Å². The van der Waals surface area contributed by atoms with Gasteiger partial charge in [0.05, 0.1) is 0 Å². The van der Waals surface area contributed by atoms with Crippen molar-refractivity contribution in [2.45, 2.75) is 52.7 Å². The van der Waals surface area contributed by atoms with Crippen LogP contribution in [0.5, 0.6) is 0 Å². The summed E-state index contributed by atoms with van der Waals surface area (Å²) in [6.45, 7) is 6.87. The first-order valence-corrected chi connectivity index (χ1v) is 6.89. The largest absolute Gasteiger partial charge is 0.391 e. The molecule has 0 bridgehead atoms. The Hall–Kier alpha value is -1.80. The molecule has 0 aliphatic carbocycles.